The highest BCUT2D eigenvalue weighted by Crippen LogP contribution is 2.44. The lowest BCUT2D eigenvalue weighted by atomic mass is 10.1. The summed E-state index contributed by atoms with van der Waals surface area (Å²) in [6.45, 7) is 6.77. The van der Waals surface area contributed by atoms with E-state index in [1.807, 2.05) is 43.3 Å². The molecule has 0 bridgehead atoms. The van der Waals surface area contributed by atoms with Crippen LogP contribution in [0.4, 0.5) is 4.79 Å². The van der Waals surface area contributed by atoms with Gasteiger partial charge in [-0.3, -0.25) is 0 Å². The third-order valence-corrected chi connectivity index (χ3v) is 5.13. The van der Waals surface area contributed by atoms with Gasteiger partial charge in [-0.05, 0) is 50.1 Å². The highest BCUT2D eigenvalue weighted by atomic mass is 32.1. The van der Waals surface area contributed by atoms with E-state index in [1.54, 1.807) is 6.92 Å². The molecule has 2 aromatic carbocycles. The molecule has 0 aliphatic heterocycles. The Labute approximate surface area is 162 Å². The van der Waals surface area contributed by atoms with Gasteiger partial charge in [0.05, 0.1) is 6.61 Å². The third-order valence-electron chi connectivity index (χ3n) is 4.10. The molecule has 0 amide bonds. The summed E-state index contributed by atoms with van der Waals surface area (Å²) >= 11 is 1.35. The van der Waals surface area contributed by atoms with Gasteiger partial charge in [0.25, 0.3) is 0 Å². The first-order valence-corrected chi connectivity index (χ1v) is 9.59. The average molecular weight is 386 g/mol. The summed E-state index contributed by atoms with van der Waals surface area (Å²) < 4.78 is 22.9. The van der Waals surface area contributed by atoms with E-state index in [0.29, 0.717) is 24.0 Å². The van der Waals surface area contributed by atoms with E-state index in [9.17, 15) is 4.79 Å². The molecule has 0 aliphatic rings. The summed E-state index contributed by atoms with van der Waals surface area (Å²) in [4.78, 5) is 11.7. The van der Waals surface area contributed by atoms with Crippen LogP contribution in [0.3, 0.4) is 0 Å². The lowest BCUT2D eigenvalue weighted by molar-refractivity contribution is 0.104. The molecule has 0 aliphatic carbocycles. The summed E-state index contributed by atoms with van der Waals surface area (Å²) in [5, 5.41) is 1.29. The Morgan fingerprint density at radius 2 is 1.78 bits per heavy atom. The molecule has 0 spiro atoms. The number of hydrogen-bond donors (Lipinski definition) is 0. The Morgan fingerprint density at radius 1 is 1.00 bits per heavy atom. The Hall–Kier alpha value is -2.73. The number of thiophene rings is 1. The first kappa shape index (κ1) is 19.0. The van der Waals surface area contributed by atoms with E-state index < -0.39 is 6.16 Å². The van der Waals surface area contributed by atoms with E-state index in [0.717, 1.165) is 21.4 Å². The fourth-order valence-corrected chi connectivity index (χ4v) is 3.59. The van der Waals surface area contributed by atoms with Gasteiger partial charge in [0.1, 0.15) is 19.0 Å². The number of aryl methyl sites for hydroxylation is 1. The van der Waals surface area contributed by atoms with E-state index in [2.05, 4.69) is 13.0 Å². The molecule has 0 atom stereocenters. The average Bonchev–Trinajstić information content (AvgIpc) is 2.99. The highest BCUT2D eigenvalue weighted by molar-refractivity contribution is 7.21. The molecular formula is C21H22O5S. The predicted octanol–water partition coefficient (Wildman–Crippen LogP) is 5.51. The van der Waals surface area contributed by atoms with Gasteiger partial charge in [-0.2, -0.15) is 0 Å². The monoisotopic (exact) mass is 386 g/mol. The van der Waals surface area contributed by atoms with Crippen molar-refractivity contribution in [3.63, 3.8) is 0 Å². The second kappa shape index (κ2) is 8.77. The van der Waals surface area contributed by atoms with Crippen LogP contribution in [0.25, 0.3) is 10.1 Å². The van der Waals surface area contributed by atoms with Crippen molar-refractivity contribution in [2.24, 2.45) is 0 Å². The number of carbonyl (C=O) groups excluding carboxylic acids is 1. The van der Waals surface area contributed by atoms with Crippen LogP contribution >= 0.6 is 11.3 Å². The molecule has 0 saturated carbocycles. The molecular weight excluding hydrogens is 364 g/mol. The lowest BCUT2D eigenvalue weighted by Gasteiger charge is -2.12. The highest BCUT2D eigenvalue weighted by Gasteiger charge is 2.18. The van der Waals surface area contributed by atoms with Crippen LogP contribution in [0.15, 0.2) is 42.5 Å². The third kappa shape index (κ3) is 4.52. The standard InChI is InChI=1S/C21H22O5S/c1-4-23-21(22)26-20-19(16-9-5-6-11-18(16)27-20)25-13-12-24-17-10-7-8-14(2)15(17)3/h5-11H,4,12-13H2,1-3H3. The van der Waals surface area contributed by atoms with Gasteiger partial charge in [-0.25, -0.2) is 4.79 Å². The summed E-state index contributed by atoms with van der Waals surface area (Å²) in [5.41, 5.74) is 2.30. The molecule has 1 heterocycles. The van der Waals surface area contributed by atoms with Crippen LogP contribution < -0.4 is 14.2 Å². The van der Waals surface area contributed by atoms with Gasteiger partial charge in [-0.1, -0.05) is 35.6 Å². The van der Waals surface area contributed by atoms with Crippen molar-refractivity contribution in [3.05, 3.63) is 53.6 Å². The van der Waals surface area contributed by atoms with Crippen LogP contribution in [0.2, 0.25) is 0 Å². The minimum absolute atomic E-state index is 0.254. The van der Waals surface area contributed by atoms with Gasteiger partial charge >= 0.3 is 6.16 Å². The van der Waals surface area contributed by atoms with Crippen LogP contribution in [0.1, 0.15) is 18.1 Å². The zero-order chi connectivity index (χ0) is 19.2. The van der Waals surface area contributed by atoms with Crippen LogP contribution in [0, 0.1) is 13.8 Å². The Kier molecular flexibility index (Phi) is 6.19. The first-order valence-electron chi connectivity index (χ1n) is 8.78. The molecule has 1 aromatic heterocycles. The predicted molar refractivity (Wildman–Crippen MR) is 106 cm³/mol. The number of ether oxygens (including phenoxy) is 4. The molecule has 0 radical (unpaired) electrons. The Balaban J connectivity index is 1.69. The molecule has 6 heteroatoms. The van der Waals surface area contributed by atoms with Crippen molar-refractivity contribution in [1.29, 1.82) is 0 Å². The number of hydrogen-bond acceptors (Lipinski definition) is 6. The van der Waals surface area contributed by atoms with E-state index in [-0.39, 0.29) is 6.61 Å². The molecule has 142 valence electrons. The molecule has 3 rings (SSSR count). The molecule has 3 aromatic rings. The van der Waals surface area contributed by atoms with Gasteiger partial charge in [0.2, 0.25) is 5.06 Å². The smallest absolute Gasteiger partial charge is 0.490 e. The van der Waals surface area contributed by atoms with Crippen LogP contribution in [0.5, 0.6) is 16.6 Å². The lowest BCUT2D eigenvalue weighted by Crippen LogP contribution is -2.12. The summed E-state index contributed by atoms with van der Waals surface area (Å²) in [6, 6.07) is 13.7. The summed E-state index contributed by atoms with van der Waals surface area (Å²) in [5.74, 6) is 1.38. The maximum Gasteiger partial charge on any atom is 0.514 e. The fourth-order valence-electron chi connectivity index (χ4n) is 2.60. The van der Waals surface area contributed by atoms with Crippen molar-refractivity contribution in [1.82, 2.24) is 0 Å². The normalized spacial score (nSPS) is 10.6. The number of fused-ring (bicyclic) bond motifs is 1. The maximum atomic E-state index is 11.7. The first-order chi connectivity index (χ1) is 13.1. The van der Waals surface area contributed by atoms with Gasteiger partial charge in [0, 0.05) is 10.1 Å². The van der Waals surface area contributed by atoms with Crippen molar-refractivity contribution in [2.75, 3.05) is 19.8 Å². The van der Waals surface area contributed by atoms with Crippen molar-refractivity contribution < 1.29 is 23.7 Å². The fraction of sp³-hybridized carbons (Fsp3) is 0.286. The minimum atomic E-state index is -0.736. The maximum absolute atomic E-state index is 11.7. The second-order valence-corrected chi connectivity index (χ2v) is 6.91. The van der Waals surface area contributed by atoms with E-state index >= 15 is 0 Å². The zero-order valence-electron chi connectivity index (χ0n) is 15.6. The molecule has 5 nitrogen and oxygen atoms in total. The summed E-state index contributed by atoms with van der Waals surface area (Å²) in [6.07, 6.45) is -0.736. The largest absolute Gasteiger partial charge is 0.514 e. The van der Waals surface area contributed by atoms with Crippen LogP contribution in [-0.2, 0) is 4.74 Å². The van der Waals surface area contributed by atoms with Gasteiger partial charge in [0.15, 0.2) is 5.75 Å². The molecule has 27 heavy (non-hydrogen) atoms. The molecule has 0 N–H and O–H groups in total. The Morgan fingerprint density at radius 3 is 2.59 bits per heavy atom. The van der Waals surface area contributed by atoms with Gasteiger partial charge < -0.3 is 18.9 Å². The SMILES string of the molecule is CCOC(=O)Oc1sc2ccccc2c1OCCOc1cccc(C)c1C. The van der Waals surface area contributed by atoms with E-state index in [4.69, 9.17) is 18.9 Å². The quantitative estimate of drug-likeness (QED) is 0.396. The van der Waals surface area contributed by atoms with Crippen molar-refractivity contribution in [2.45, 2.75) is 20.8 Å². The van der Waals surface area contributed by atoms with Crippen LogP contribution in [-0.4, -0.2) is 26.0 Å². The van der Waals surface area contributed by atoms with Crippen molar-refractivity contribution >= 4 is 27.6 Å². The zero-order valence-corrected chi connectivity index (χ0v) is 16.4. The topological polar surface area (TPSA) is 54.0 Å². The minimum Gasteiger partial charge on any atom is -0.490 e. The number of rotatable bonds is 7. The van der Waals surface area contributed by atoms with Crippen molar-refractivity contribution in [3.8, 4) is 16.6 Å². The number of carbonyl (C=O) groups is 1. The summed E-state index contributed by atoms with van der Waals surface area (Å²) in [7, 11) is 0. The van der Waals surface area contributed by atoms with E-state index in [1.165, 1.54) is 16.9 Å². The molecule has 0 saturated heterocycles. The Bertz CT molecular complexity index is 931. The second-order valence-electron chi connectivity index (χ2n) is 5.89. The van der Waals surface area contributed by atoms with Gasteiger partial charge in [-0.15, -0.1) is 0 Å². The molecule has 0 fully saturated rings. The molecule has 0 unspecified atom stereocenters. The number of benzene rings is 2.